The monoisotopic (exact) mass is 373 g/mol. The number of likely N-dealkylation sites (N-methyl/N-ethyl adjacent to an activating group) is 1. The van der Waals surface area contributed by atoms with E-state index in [-0.39, 0.29) is 0 Å². The molecule has 1 heterocycles. The average molecular weight is 374 g/mol. The molecule has 0 radical (unpaired) electrons. The van der Waals surface area contributed by atoms with E-state index >= 15 is 0 Å². The summed E-state index contributed by atoms with van der Waals surface area (Å²) in [6, 6.07) is 8.46. The molecule has 0 aliphatic heterocycles. The molecule has 0 bridgehead atoms. The van der Waals surface area contributed by atoms with Crippen LogP contribution in [-0.4, -0.2) is 69.3 Å². The fourth-order valence-electron chi connectivity index (χ4n) is 3.10. The lowest BCUT2D eigenvalue weighted by atomic mass is 10.1. The number of hydrogen-bond acceptors (Lipinski definition) is 3. The van der Waals surface area contributed by atoms with Crippen LogP contribution in [-0.2, 0) is 11.2 Å². The number of para-hydroxylation sites is 1. The molecule has 0 unspecified atom stereocenters. The fourth-order valence-corrected chi connectivity index (χ4v) is 3.10. The third-order valence-electron chi connectivity index (χ3n) is 4.57. The van der Waals surface area contributed by atoms with Gasteiger partial charge in [-0.15, -0.1) is 0 Å². The van der Waals surface area contributed by atoms with Crippen molar-refractivity contribution < 1.29 is 4.74 Å². The van der Waals surface area contributed by atoms with Crippen LogP contribution in [0.15, 0.2) is 35.5 Å². The third-order valence-corrected chi connectivity index (χ3v) is 4.57. The molecule has 2 aromatic rings. The summed E-state index contributed by atoms with van der Waals surface area (Å²) in [5.74, 6) is 0.904. The summed E-state index contributed by atoms with van der Waals surface area (Å²) in [7, 11) is 3.89. The quantitative estimate of drug-likeness (QED) is 0.304. The van der Waals surface area contributed by atoms with Crippen molar-refractivity contribution in [2.75, 3.05) is 53.5 Å². The molecule has 0 aliphatic rings. The first kappa shape index (κ1) is 21.3. The molecule has 6 heteroatoms. The van der Waals surface area contributed by atoms with E-state index in [1.54, 1.807) is 7.11 Å². The van der Waals surface area contributed by atoms with Crippen LogP contribution < -0.4 is 10.6 Å². The van der Waals surface area contributed by atoms with E-state index in [1.165, 1.54) is 16.5 Å². The van der Waals surface area contributed by atoms with Crippen LogP contribution in [0.5, 0.6) is 0 Å². The molecule has 3 N–H and O–H groups in total. The maximum Gasteiger partial charge on any atom is 0.191 e. The summed E-state index contributed by atoms with van der Waals surface area (Å²) in [4.78, 5) is 10.4. The van der Waals surface area contributed by atoms with Crippen LogP contribution in [0.2, 0.25) is 0 Å². The zero-order valence-electron chi connectivity index (χ0n) is 17.1. The number of nitrogens with one attached hydrogen (secondary N) is 3. The van der Waals surface area contributed by atoms with Gasteiger partial charge >= 0.3 is 0 Å². The van der Waals surface area contributed by atoms with Crippen LogP contribution in [0.3, 0.4) is 0 Å². The van der Waals surface area contributed by atoms with Crippen LogP contribution in [0.25, 0.3) is 10.9 Å². The van der Waals surface area contributed by atoms with Gasteiger partial charge in [-0.25, -0.2) is 0 Å². The Balaban J connectivity index is 1.71. The van der Waals surface area contributed by atoms with Crippen molar-refractivity contribution in [1.29, 1.82) is 0 Å². The molecule has 0 amide bonds. The number of H-pyrrole nitrogens is 1. The van der Waals surface area contributed by atoms with Crippen LogP contribution >= 0.6 is 0 Å². The van der Waals surface area contributed by atoms with E-state index in [0.29, 0.717) is 0 Å². The summed E-state index contributed by atoms with van der Waals surface area (Å²) in [6.45, 7) is 7.53. The second-order valence-corrected chi connectivity index (χ2v) is 6.80. The van der Waals surface area contributed by atoms with Gasteiger partial charge in [0.1, 0.15) is 0 Å². The highest BCUT2D eigenvalue weighted by Crippen LogP contribution is 2.18. The summed E-state index contributed by atoms with van der Waals surface area (Å²) in [5.41, 5.74) is 2.58. The minimum absolute atomic E-state index is 0.818. The minimum atomic E-state index is 0.818. The molecule has 150 valence electrons. The third kappa shape index (κ3) is 7.61. The van der Waals surface area contributed by atoms with Crippen molar-refractivity contribution >= 4 is 16.9 Å². The number of ether oxygens (including phenoxy) is 1. The Hall–Kier alpha value is -2.05. The van der Waals surface area contributed by atoms with Crippen molar-refractivity contribution in [2.45, 2.75) is 26.2 Å². The molecular formula is C21H35N5O. The SMILES string of the molecule is CCNC(=NCCCc1c[nH]c2ccccc12)NCCN(C)CCCOC. The fraction of sp³-hybridized carbons (Fsp3) is 0.571. The van der Waals surface area contributed by atoms with Crippen LogP contribution in [0.1, 0.15) is 25.3 Å². The van der Waals surface area contributed by atoms with Gasteiger partial charge in [0.25, 0.3) is 0 Å². The van der Waals surface area contributed by atoms with Gasteiger partial charge in [-0.3, -0.25) is 4.99 Å². The van der Waals surface area contributed by atoms with E-state index < -0.39 is 0 Å². The predicted octanol–water partition coefficient (Wildman–Crippen LogP) is 2.62. The molecular weight excluding hydrogens is 338 g/mol. The zero-order chi connectivity index (χ0) is 19.3. The summed E-state index contributed by atoms with van der Waals surface area (Å²) in [5, 5.41) is 8.07. The number of aliphatic imine (C=N–C) groups is 1. The molecule has 0 aliphatic carbocycles. The highest BCUT2D eigenvalue weighted by molar-refractivity contribution is 5.83. The number of fused-ring (bicyclic) bond motifs is 1. The van der Waals surface area contributed by atoms with Crippen molar-refractivity contribution in [3.63, 3.8) is 0 Å². The molecule has 0 saturated heterocycles. The van der Waals surface area contributed by atoms with Gasteiger partial charge in [-0.2, -0.15) is 0 Å². The number of guanidine groups is 1. The Kier molecular flexibility index (Phi) is 9.73. The number of aryl methyl sites for hydroxylation is 1. The second kappa shape index (κ2) is 12.4. The van der Waals surface area contributed by atoms with E-state index in [9.17, 15) is 0 Å². The van der Waals surface area contributed by atoms with Gasteiger partial charge in [0.05, 0.1) is 0 Å². The Morgan fingerprint density at radius 1 is 1.19 bits per heavy atom. The highest BCUT2D eigenvalue weighted by atomic mass is 16.5. The summed E-state index contributed by atoms with van der Waals surface area (Å²) >= 11 is 0. The number of methoxy groups -OCH3 is 1. The summed E-state index contributed by atoms with van der Waals surface area (Å²) in [6.07, 6.45) is 5.26. The number of aromatic amines is 1. The Labute approximate surface area is 163 Å². The largest absolute Gasteiger partial charge is 0.385 e. The number of hydrogen-bond donors (Lipinski definition) is 3. The molecule has 27 heavy (non-hydrogen) atoms. The molecule has 0 fully saturated rings. The van der Waals surface area contributed by atoms with Crippen LogP contribution in [0, 0.1) is 0 Å². The van der Waals surface area contributed by atoms with Crippen LogP contribution in [0.4, 0.5) is 0 Å². The second-order valence-electron chi connectivity index (χ2n) is 6.80. The van der Waals surface area contributed by atoms with Gasteiger partial charge in [-0.05, 0) is 44.9 Å². The maximum absolute atomic E-state index is 5.10. The van der Waals surface area contributed by atoms with E-state index in [4.69, 9.17) is 9.73 Å². The Bertz CT molecular complexity index is 682. The van der Waals surface area contributed by atoms with Crippen molar-refractivity contribution in [3.8, 4) is 0 Å². The van der Waals surface area contributed by atoms with Crippen molar-refractivity contribution in [1.82, 2.24) is 20.5 Å². The Morgan fingerprint density at radius 2 is 2.04 bits per heavy atom. The lowest BCUT2D eigenvalue weighted by Crippen LogP contribution is -2.41. The normalized spacial score (nSPS) is 12.1. The van der Waals surface area contributed by atoms with Gasteiger partial charge in [-0.1, -0.05) is 18.2 Å². The standard InChI is InChI=1S/C21H35N5O/c1-4-22-21(24-13-15-26(2)14-8-16-27-3)23-12-7-9-18-17-25-20-11-6-5-10-19(18)20/h5-6,10-11,17,25H,4,7-9,12-16H2,1-3H3,(H2,22,23,24). The molecule has 0 atom stereocenters. The lowest BCUT2D eigenvalue weighted by molar-refractivity contribution is 0.180. The average Bonchev–Trinajstić information content (AvgIpc) is 3.08. The maximum atomic E-state index is 5.10. The van der Waals surface area contributed by atoms with Crippen molar-refractivity contribution in [2.24, 2.45) is 4.99 Å². The zero-order valence-corrected chi connectivity index (χ0v) is 17.1. The Morgan fingerprint density at radius 3 is 2.85 bits per heavy atom. The van der Waals surface area contributed by atoms with Gasteiger partial charge in [0, 0.05) is 63.5 Å². The summed E-state index contributed by atoms with van der Waals surface area (Å²) < 4.78 is 5.10. The van der Waals surface area contributed by atoms with E-state index in [2.05, 4.69) is 65.0 Å². The molecule has 0 spiro atoms. The van der Waals surface area contributed by atoms with Gasteiger partial charge < -0.3 is 25.3 Å². The minimum Gasteiger partial charge on any atom is -0.385 e. The van der Waals surface area contributed by atoms with Crippen molar-refractivity contribution in [3.05, 3.63) is 36.0 Å². The smallest absolute Gasteiger partial charge is 0.191 e. The number of aromatic nitrogens is 1. The highest BCUT2D eigenvalue weighted by Gasteiger charge is 2.03. The molecule has 6 nitrogen and oxygen atoms in total. The topological polar surface area (TPSA) is 64.7 Å². The molecule has 0 saturated carbocycles. The lowest BCUT2D eigenvalue weighted by Gasteiger charge is -2.18. The first-order valence-electron chi connectivity index (χ1n) is 9.99. The number of rotatable bonds is 12. The van der Waals surface area contributed by atoms with E-state index in [0.717, 1.165) is 64.6 Å². The number of nitrogens with zero attached hydrogens (tertiary/aromatic N) is 2. The first-order valence-corrected chi connectivity index (χ1v) is 9.99. The number of benzene rings is 1. The van der Waals surface area contributed by atoms with E-state index in [1.807, 2.05) is 0 Å². The van der Waals surface area contributed by atoms with Gasteiger partial charge in [0.15, 0.2) is 5.96 Å². The molecule has 1 aromatic heterocycles. The first-order chi connectivity index (χ1) is 13.2. The molecule has 1 aromatic carbocycles. The molecule has 2 rings (SSSR count). The van der Waals surface area contributed by atoms with Gasteiger partial charge in [0.2, 0.25) is 0 Å². The predicted molar refractivity (Wildman–Crippen MR) is 115 cm³/mol.